The molecule has 0 bridgehead atoms. The maximum Gasteiger partial charge on any atom is 0.284 e. The van der Waals surface area contributed by atoms with Gasteiger partial charge in [0.15, 0.2) is 0 Å². The van der Waals surface area contributed by atoms with Crippen LogP contribution in [0, 0.1) is 10.1 Å². The van der Waals surface area contributed by atoms with Crippen molar-refractivity contribution in [1.29, 1.82) is 0 Å². The molecule has 5 nitrogen and oxygen atoms in total. The lowest BCUT2D eigenvalue weighted by atomic mass is 10.0. The monoisotopic (exact) mass is 380 g/mol. The molecule has 1 amide bonds. The van der Waals surface area contributed by atoms with Crippen molar-refractivity contribution < 1.29 is 9.72 Å². The number of hydrogen-bond donors (Lipinski definition) is 0. The Morgan fingerprint density at radius 3 is 2.95 bits per heavy atom. The fourth-order valence-corrected chi connectivity index (χ4v) is 4.09. The van der Waals surface area contributed by atoms with E-state index in [9.17, 15) is 14.9 Å². The van der Waals surface area contributed by atoms with Crippen LogP contribution in [0.25, 0.3) is 0 Å². The number of nitro benzene ring substituents is 1. The van der Waals surface area contributed by atoms with E-state index >= 15 is 0 Å². The minimum Gasteiger partial charge on any atom is -0.331 e. The Morgan fingerprint density at radius 1 is 1.45 bits per heavy atom. The number of nitro groups is 1. The highest BCUT2D eigenvalue weighted by atomic mass is 79.9. The largest absolute Gasteiger partial charge is 0.331 e. The van der Waals surface area contributed by atoms with Gasteiger partial charge in [0.1, 0.15) is 0 Å². The SMILES string of the molecule is C[C@@H]1c2ccsc2CCN1C(=O)c1ccc(Br)c([N+](=O)[O-])c1. The maximum absolute atomic E-state index is 12.7. The van der Waals surface area contributed by atoms with Crippen LogP contribution in [0.1, 0.15) is 33.8 Å². The summed E-state index contributed by atoms with van der Waals surface area (Å²) in [6.45, 7) is 2.63. The second kappa shape index (κ2) is 5.81. The Bertz CT molecular complexity index is 759. The molecule has 2 heterocycles. The Labute approximate surface area is 139 Å². The van der Waals surface area contributed by atoms with Gasteiger partial charge in [0.05, 0.1) is 15.4 Å². The van der Waals surface area contributed by atoms with Gasteiger partial charge in [-0.25, -0.2) is 0 Å². The second-order valence-electron chi connectivity index (χ2n) is 5.15. The number of fused-ring (bicyclic) bond motifs is 1. The topological polar surface area (TPSA) is 63.5 Å². The minimum absolute atomic E-state index is 0.00907. The number of carbonyl (C=O) groups excluding carboxylic acids is 1. The van der Waals surface area contributed by atoms with Crippen molar-refractivity contribution >= 4 is 38.9 Å². The predicted molar refractivity (Wildman–Crippen MR) is 88.3 cm³/mol. The van der Waals surface area contributed by atoms with Crippen LogP contribution < -0.4 is 0 Å². The smallest absolute Gasteiger partial charge is 0.284 e. The summed E-state index contributed by atoms with van der Waals surface area (Å²) in [5.41, 5.74) is 1.43. The summed E-state index contributed by atoms with van der Waals surface area (Å²) in [5.74, 6) is -0.167. The molecule has 0 fully saturated rings. The van der Waals surface area contributed by atoms with Gasteiger partial charge in [0.25, 0.3) is 11.6 Å². The third kappa shape index (κ3) is 2.55. The van der Waals surface area contributed by atoms with Crippen LogP contribution in [-0.2, 0) is 6.42 Å². The number of rotatable bonds is 2. The molecule has 114 valence electrons. The van der Waals surface area contributed by atoms with E-state index in [1.54, 1.807) is 28.4 Å². The number of thiophene rings is 1. The average molecular weight is 381 g/mol. The fraction of sp³-hybridized carbons (Fsp3) is 0.267. The predicted octanol–water partition coefficient (Wildman–Crippen LogP) is 4.18. The van der Waals surface area contributed by atoms with Gasteiger partial charge in [-0.05, 0) is 58.4 Å². The lowest BCUT2D eigenvalue weighted by Gasteiger charge is -2.33. The second-order valence-corrected chi connectivity index (χ2v) is 7.00. The summed E-state index contributed by atoms with van der Waals surface area (Å²) in [7, 11) is 0. The van der Waals surface area contributed by atoms with E-state index in [1.807, 2.05) is 18.4 Å². The van der Waals surface area contributed by atoms with Crippen molar-refractivity contribution in [1.82, 2.24) is 4.90 Å². The molecule has 0 N–H and O–H groups in total. The van der Waals surface area contributed by atoms with Crippen molar-refractivity contribution in [3.63, 3.8) is 0 Å². The standard InChI is InChI=1S/C15H13BrN2O3S/c1-9-11-5-7-22-14(11)4-6-17(9)15(19)10-2-3-12(16)13(8-10)18(20)21/h2-3,5,7-9H,4,6H2,1H3/t9-/m1/s1. The first-order valence-electron chi connectivity index (χ1n) is 6.80. The molecule has 0 saturated heterocycles. The molecule has 3 rings (SSSR count). The normalized spacial score (nSPS) is 17.2. The molecule has 0 radical (unpaired) electrons. The number of hydrogen-bond acceptors (Lipinski definition) is 4. The molecule has 22 heavy (non-hydrogen) atoms. The number of nitrogens with zero attached hydrogens (tertiary/aromatic N) is 2. The molecule has 0 unspecified atom stereocenters. The number of halogens is 1. The summed E-state index contributed by atoms with van der Waals surface area (Å²) in [6.07, 6.45) is 0.835. The Kier molecular flexibility index (Phi) is 4.01. The highest BCUT2D eigenvalue weighted by Gasteiger charge is 2.29. The first-order valence-corrected chi connectivity index (χ1v) is 8.47. The average Bonchev–Trinajstić information content (AvgIpc) is 2.96. The Balaban J connectivity index is 1.92. The molecule has 7 heteroatoms. The van der Waals surface area contributed by atoms with Gasteiger partial charge < -0.3 is 4.90 Å². The van der Waals surface area contributed by atoms with Gasteiger partial charge in [0, 0.05) is 23.1 Å². The van der Waals surface area contributed by atoms with Gasteiger partial charge >= 0.3 is 0 Å². The zero-order chi connectivity index (χ0) is 15.9. The van der Waals surface area contributed by atoms with E-state index < -0.39 is 4.92 Å². The summed E-state index contributed by atoms with van der Waals surface area (Å²) in [5, 5.41) is 13.1. The quantitative estimate of drug-likeness (QED) is 0.579. The van der Waals surface area contributed by atoms with Gasteiger partial charge in [-0.15, -0.1) is 11.3 Å². The summed E-state index contributed by atoms with van der Waals surface area (Å²) < 4.78 is 0.376. The van der Waals surface area contributed by atoms with E-state index in [4.69, 9.17) is 0 Å². The molecule has 0 saturated carbocycles. The van der Waals surface area contributed by atoms with Crippen LogP contribution in [-0.4, -0.2) is 22.3 Å². The lowest BCUT2D eigenvalue weighted by Crippen LogP contribution is -2.38. The van der Waals surface area contributed by atoms with E-state index in [-0.39, 0.29) is 17.6 Å². The molecular weight excluding hydrogens is 368 g/mol. The molecule has 1 atom stereocenters. The molecule has 1 aliphatic rings. The lowest BCUT2D eigenvalue weighted by molar-refractivity contribution is -0.385. The van der Waals surface area contributed by atoms with Crippen LogP contribution in [0.15, 0.2) is 34.1 Å². The molecule has 1 aromatic heterocycles. The molecule has 0 spiro atoms. The zero-order valence-corrected chi connectivity index (χ0v) is 14.2. The van der Waals surface area contributed by atoms with E-state index in [0.717, 1.165) is 6.42 Å². The van der Waals surface area contributed by atoms with Crippen molar-refractivity contribution in [3.8, 4) is 0 Å². The van der Waals surface area contributed by atoms with Gasteiger partial charge in [-0.1, -0.05) is 0 Å². The number of amides is 1. The fourth-order valence-electron chi connectivity index (χ4n) is 2.74. The van der Waals surface area contributed by atoms with E-state index in [2.05, 4.69) is 15.9 Å². The van der Waals surface area contributed by atoms with Crippen molar-refractivity contribution in [2.24, 2.45) is 0 Å². The van der Waals surface area contributed by atoms with Gasteiger partial charge in [0.2, 0.25) is 0 Å². The van der Waals surface area contributed by atoms with Gasteiger partial charge in [-0.2, -0.15) is 0 Å². The van der Waals surface area contributed by atoms with Crippen LogP contribution in [0.2, 0.25) is 0 Å². The third-order valence-corrected chi connectivity index (χ3v) is 5.59. The van der Waals surface area contributed by atoms with Crippen molar-refractivity contribution in [3.05, 3.63) is 60.2 Å². The van der Waals surface area contributed by atoms with Crippen LogP contribution in [0.3, 0.4) is 0 Å². The molecular formula is C15H13BrN2O3S. The first kappa shape index (κ1) is 15.2. The molecule has 0 aliphatic carbocycles. The van der Waals surface area contributed by atoms with Crippen LogP contribution >= 0.6 is 27.3 Å². The maximum atomic E-state index is 12.7. The Hall–Kier alpha value is -1.73. The summed E-state index contributed by atoms with van der Waals surface area (Å²) in [4.78, 5) is 26.3. The van der Waals surface area contributed by atoms with Crippen LogP contribution in [0.5, 0.6) is 0 Å². The summed E-state index contributed by atoms with van der Waals surface area (Å²) >= 11 is 4.85. The zero-order valence-electron chi connectivity index (χ0n) is 11.8. The third-order valence-electron chi connectivity index (χ3n) is 3.93. The first-order chi connectivity index (χ1) is 10.5. The van der Waals surface area contributed by atoms with E-state index in [1.165, 1.54) is 16.5 Å². The van der Waals surface area contributed by atoms with Gasteiger partial charge in [-0.3, -0.25) is 14.9 Å². The van der Waals surface area contributed by atoms with E-state index in [0.29, 0.717) is 16.6 Å². The van der Waals surface area contributed by atoms with Crippen molar-refractivity contribution in [2.45, 2.75) is 19.4 Å². The molecule has 1 aromatic carbocycles. The number of carbonyl (C=O) groups is 1. The molecule has 1 aliphatic heterocycles. The molecule has 2 aromatic rings. The Morgan fingerprint density at radius 2 is 2.23 bits per heavy atom. The summed E-state index contributed by atoms with van der Waals surface area (Å²) in [6, 6.07) is 6.55. The van der Waals surface area contributed by atoms with Crippen molar-refractivity contribution in [2.75, 3.05) is 6.54 Å². The van der Waals surface area contributed by atoms with Crippen LogP contribution in [0.4, 0.5) is 5.69 Å². The minimum atomic E-state index is -0.489. The number of benzene rings is 1. The highest BCUT2D eigenvalue weighted by molar-refractivity contribution is 9.10. The highest BCUT2D eigenvalue weighted by Crippen LogP contribution is 2.34.